The van der Waals surface area contributed by atoms with E-state index in [-0.39, 0.29) is 24.4 Å². The number of hydrogen-bond acceptors (Lipinski definition) is 4. The first-order valence-corrected chi connectivity index (χ1v) is 8.43. The molecule has 138 valence electrons. The zero-order valence-electron chi connectivity index (χ0n) is 14.9. The average Bonchev–Trinajstić information content (AvgIpc) is 2.70. The molecule has 0 radical (unpaired) electrons. The van der Waals surface area contributed by atoms with Crippen molar-refractivity contribution in [2.45, 2.75) is 13.1 Å². The lowest BCUT2D eigenvalue weighted by atomic mass is 10.1. The highest BCUT2D eigenvalue weighted by atomic mass is 16.5. The van der Waals surface area contributed by atoms with Crippen molar-refractivity contribution in [3.8, 4) is 11.5 Å². The summed E-state index contributed by atoms with van der Waals surface area (Å²) in [7, 11) is 1.56. The van der Waals surface area contributed by atoms with Crippen molar-refractivity contribution >= 4 is 16.8 Å². The summed E-state index contributed by atoms with van der Waals surface area (Å²) in [5, 5.41) is 13.7. The van der Waals surface area contributed by atoms with E-state index in [9.17, 15) is 14.7 Å². The van der Waals surface area contributed by atoms with Crippen molar-refractivity contribution in [2.75, 3.05) is 7.11 Å². The minimum atomic E-state index is -0.635. The van der Waals surface area contributed by atoms with Crippen LogP contribution in [0.5, 0.6) is 11.5 Å². The quantitative estimate of drug-likeness (QED) is 0.659. The van der Waals surface area contributed by atoms with Gasteiger partial charge in [0, 0.05) is 18.5 Å². The Bertz CT molecular complexity index is 1070. The van der Waals surface area contributed by atoms with E-state index < -0.39 is 11.5 Å². The molecule has 27 heavy (non-hydrogen) atoms. The van der Waals surface area contributed by atoms with Gasteiger partial charge < -0.3 is 19.7 Å². The molecule has 0 aliphatic heterocycles. The van der Waals surface area contributed by atoms with Gasteiger partial charge in [0.25, 0.3) is 11.5 Å². The van der Waals surface area contributed by atoms with E-state index in [1.54, 1.807) is 49.6 Å². The molecular weight excluding hydrogens is 344 g/mol. The summed E-state index contributed by atoms with van der Waals surface area (Å²) < 4.78 is 6.58. The van der Waals surface area contributed by atoms with Crippen molar-refractivity contribution < 1.29 is 14.6 Å². The Labute approximate surface area is 156 Å². The number of fused-ring (bicyclic) bond motifs is 1. The van der Waals surface area contributed by atoms with E-state index in [0.29, 0.717) is 16.7 Å². The molecule has 0 saturated heterocycles. The lowest BCUT2D eigenvalue weighted by Gasteiger charge is -2.14. The molecule has 0 spiro atoms. The normalized spacial score (nSPS) is 10.6. The predicted octanol–water partition coefficient (Wildman–Crippen LogP) is 2.83. The highest BCUT2D eigenvalue weighted by Gasteiger charge is 2.21. The van der Waals surface area contributed by atoms with Gasteiger partial charge in [-0.2, -0.15) is 0 Å². The number of rotatable bonds is 6. The molecule has 3 aromatic rings. The number of carbonyl (C=O) groups is 1. The van der Waals surface area contributed by atoms with Gasteiger partial charge in [-0.3, -0.25) is 9.59 Å². The number of pyridine rings is 1. The molecule has 1 aromatic heterocycles. The summed E-state index contributed by atoms with van der Waals surface area (Å²) in [6, 6.07) is 14.1. The van der Waals surface area contributed by atoms with Crippen LogP contribution in [0.15, 0.2) is 66.0 Å². The molecule has 1 heterocycles. The molecule has 0 aliphatic carbocycles. The minimum Gasteiger partial charge on any atom is -0.506 e. The summed E-state index contributed by atoms with van der Waals surface area (Å²) in [4.78, 5) is 25.5. The summed E-state index contributed by atoms with van der Waals surface area (Å²) in [5.41, 5.74) is 0.520. The monoisotopic (exact) mass is 364 g/mol. The van der Waals surface area contributed by atoms with Crippen molar-refractivity contribution in [1.29, 1.82) is 0 Å². The molecule has 3 rings (SSSR count). The van der Waals surface area contributed by atoms with E-state index in [4.69, 9.17) is 4.74 Å². The fourth-order valence-corrected chi connectivity index (χ4v) is 2.96. The van der Waals surface area contributed by atoms with Crippen molar-refractivity contribution in [2.24, 2.45) is 0 Å². The van der Waals surface area contributed by atoms with E-state index in [2.05, 4.69) is 11.9 Å². The smallest absolute Gasteiger partial charge is 0.268 e. The molecule has 0 bridgehead atoms. The summed E-state index contributed by atoms with van der Waals surface area (Å²) in [6.45, 7) is 4.09. The maximum atomic E-state index is 12.8. The molecular formula is C21H20N2O4. The third kappa shape index (κ3) is 3.55. The topological polar surface area (TPSA) is 80.6 Å². The molecule has 1 amide bonds. The Kier molecular flexibility index (Phi) is 5.26. The third-order valence-corrected chi connectivity index (χ3v) is 4.27. The number of methoxy groups -OCH3 is 1. The molecule has 6 nitrogen and oxygen atoms in total. The van der Waals surface area contributed by atoms with Crippen molar-refractivity contribution in [1.82, 2.24) is 9.88 Å². The Balaban J connectivity index is 1.98. The third-order valence-electron chi connectivity index (χ3n) is 4.27. The molecule has 0 aliphatic rings. The zero-order chi connectivity index (χ0) is 19.4. The van der Waals surface area contributed by atoms with Crippen LogP contribution in [-0.2, 0) is 13.1 Å². The van der Waals surface area contributed by atoms with Crippen LogP contribution in [0.3, 0.4) is 0 Å². The zero-order valence-corrected chi connectivity index (χ0v) is 14.9. The molecule has 0 saturated carbocycles. The Morgan fingerprint density at radius 2 is 2.04 bits per heavy atom. The van der Waals surface area contributed by atoms with Crippen LogP contribution in [0, 0.1) is 0 Å². The second kappa shape index (κ2) is 7.78. The van der Waals surface area contributed by atoms with Gasteiger partial charge in [0.05, 0.1) is 12.6 Å². The Hall–Kier alpha value is -3.54. The molecule has 0 unspecified atom stereocenters. The van der Waals surface area contributed by atoms with E-state index >= 15 is 0 Å². The van der Waals surface area contributed by atoms with Crippen LogP contribution >= 0.6 is 0 Å². The van der Waals surface area contributed by atoms with Gasteiger partial charge in [-0.15, -0.1) is 6.58 Å². The van der Waals surface area contributed by atoms with Gasteiger partial charge in [0.1, 0.15) is 17.1 Å². The van der Waals surface area contributed by atoms with Gasteiger partial charge >= 0.3 is 0 Å². The summed E-state index contributed by atoms with van der Waals surface area (Å²) >= 11 is 0. The first-order chi connectivity index (χ1) is 13.1. The maximum absolute atomic E-state index is 12.8. The Morgan fingerprint density at radius 3 is 2.78 bits per heavy atom. The SMILES string of the molecule is C=CCn1c(=O)c(C(=O)NCc2cccc(OC)c2)c(O)c2ccccc21. The molecule has 6 heteroatoms. The number of hydrogen-bond donors (Lipinski definition) is 2. The second-order valence-electron chi connectivity index (χ2n) is 5.98. The van der Waals surface area contributed by atoms with Crippen LogP contribution in [0.1, 0.15) is 15.9 Å². The first-order valence-electron chi connectivity index (χ1n) is 8.43. The van der Waals surface area contributed by atoms with Crippen LogP contribution in [-0.4, -0.2) is 22.7 Å². The number of benzene rings is 2. The fraction of sp³-hybridized carbons (Fsp3) is 0.143. The van der Waals surface area contributed by atoms with Crippen LogP contribution in [0.25, 0.3) is 10.9 Å². The maximum Gasteiger partial charge on any atom is 0.268 e. The number of allylic oxidation sites excluding steroid dienone is 1. The number of carbonyl (C=O) groups excluding carboxylic acids is 1. The highest BCUT2D eigenvalue weighted by molar-refractivity contribution is 6.02. The van der Waals surface area contributed by atoms with Crippen LogP contribution in [0.4, 0.5) is 0 Å². The van der Waals surface area contributed by atoms with Gasteiger partial charge in [-0.1, -0.05) is 30.3 Å². The van der Waals surface area contributed by atoms with Gasteiger partial charge in [-0.05, 0) is 29.8 Å². The predicted molar refractivity (Wildman–Crippen MR) is 104 cm³/mol. The molecule has 0 fully saturated rings. The number of ether oxygens (including phenoxy) is 1. The standard InChI is InChI=1S/C21H20N2O4/c1-3-11-23-17-10-5-4-9-16(17)19(24)18(21(23)26)20(25)22-13-14-7-6-8-15(12-14)27-2/h3-10,12,24H,1,11,13H2,2H3,(H,22,25). The van der Waals surface area contributed by atoms with E-state index in [1.165, 1.54) is 4.57 Å². The Morgan fingerprint density at radius 1 is 1.26 bits per heavy atom. The number of aromatic nitrogens is 1. The number of nitrogens with zero attached hydrogens (tertiary/aromatic N) is 1. The van der Waals surface area contributed by atoms with Crippen molar-refractivity contribution in [3.05, 3.63) is 82.7 Å². The number of para-hydroxylation sites is 1. The highest BCUT2D eigenvalue weighted by Crippen LogP contribution is 2.26. The second-order valence-corrected chi connectivity index (χ2v) is 5.98. The lowest BCUT2D eigenvalue weighted by Crippen LogP contribution is -2.33. The van der Waals surface area contributed by atoms with Crippen LogP contribution < -0.4 is 15.6 Å². The van der Waals surface area contributed by atoms with Crippen molar-refractivity contribution in [3.63, 3.8) is 0 Å². The average molecular weight is 364 g/mol. The van der Waals surface area contributed by atoms with Gasteiger partial charge in [0.15, 0.2) is 0 Å². The largest absolute Gasteiger partial charge is 0.506 e. The molecule has 2 aromatic carbocycles. The minimum absolute atomic E-state index is 0.198. The fourth-order valence-electron chi connectivity index (χ4n) is 2.96. The molecule has 0 atom stereocenters. The van der Waals surface area contributed by atoms with Crippen LogP contribution in [0.2, 0.25) is 0 Å². The number of aromatic hydroxyl groups is 1. The summed E-state index contributed by atoms with van der Waals surface area (Å²) in [6.07, 6.45) is 1.57. The number of nitrogens with one attached hydrogen (secondary N) is 1. The van der Waals surface area contributed by atoms with Gasteiger partial charge in [0.2, 0.25) is 0 Å². The molecule has 2 N–H and O–H groups in total. The van der Waals surface area contributed by atoms with E-state index in [1.807, 2.05) is 12.1 Å². The first kappa shape index (κ1) is 18.3. The lowest BCUT2D eigenvalue weighted by molar-refractivity contribution is 0.0946. The van der Waals surface area contributed by atoms with E-state index in [0.717, 1.165) is 5.56 Å². The van der Waals surface area contributed by atoms with Gasteiger partial charge in [-0.25, -0.2) is 0 Å². The summed E-state index contributed by atoms with van der Waals surface area (Å²) in [5.74, 6) is -0.286. The number of amides is 1.